The number of nitrogens with one attached hydrogen (secondary N) is 1. The number of esters is 1. The van der Waals surface area contributed by atoms with E-state index in [0.29, 0.717) is 21.9 Å². The van der Waals surface area contributed by atoms with E-state index < -0.39 is 41.9 Å². The number of hydrogen-bond donors (Lipinski definition) is 2. The number of thioether (sulfide) groups is 1. The van der Waals surface area contributed by atoms with Crippen molar-refractivity contribution in [1.29, 1.82) is 0 Å². The molecular formula is C28H23ClN2O5S. The van der Waals surface area contributed by atoms with Gasteiger partial charge in [-0.3, -0.25) is 14.5 Å². The van der Waals surface area contributed by atoms with Crippen molar-refractivity contribution < 1.29 is 24.2 Å². The highest BCUT2D eigenvalue weighted by Crippen LogP contribution is 2.41. The molecule has 0 aromatic heterocycles. The number of ether oxygens (including phenoxy) is 1. The first-order valence-electron chi connectivity index (χ1n) is 11.6. The molecule has 0 aliphatic carbocycles. The third kappa shape index (κ3) is 5.00. The van der Waals surface area contributed by atoms with Crippen LogP contribution in [0.3, 0.4) is 0 Å². The number of nitrogens with zero attached hydrogens (tertiary/aromatic N) is 1. The Hall–Kier alpha value is -3.59. The van der Waals surface area contributed by atoms with Gasteiger partial charge in [0.1, 0.15) is 17.1 Å². The van der Waals surface area contributed by atoms with Crippen LogP contribution in [0.1, 0.15) is 27.6 Å². The quantitative estimate of drug-likeness (QED) is 0.352. The molecule has 0 unspecified atom stereocenters. The van der Waals surface area contributed by atoms with E-state index in [9.17, 15) is 19.5 Å². The average Bonchev–Trinajstić information content (AvgIpc) is 2.94. The molecule has 0 saturated carbocycles. The molecule has 37 heavy (non-hydrogen) atoms. The first-order chi connectivity index (χ1) is 18.0. The number of halogens is 1. The van der Waals surface area contributed by atoms with Gasteiger partial charge in [-0.05, 0) is 41.0 Å². The molecule has 2 atom stereocenters. The molecule has 3 aromatic rings. The molecule has 7 nitrogen and oxygen atoms in total. The van der Waals surface area contributed by atoms with E-state index in [1.807, 2.05) is 60.7 Å². The van der Waals surface area contributed by atoms with Crippen molar-refractivity contribution in [2.45, 2.75) is 17.5 Å². The third-order valence-electron chi connectivity index (χ3n) is 6.25. The molecule has 2 aliphatic heterocycles. The molecule has 5 rings (SSSR count). The number of aliphatic hydroxyl groups excluding tert-OH is 1. The molecule has 0 bridgehead atoms. The minimum Gasteiger partial charge on any atom is -0.448 e. The maximum atomic E-state index is 13.5. The number of carbonyl (C=O) groups is 3. The number of rotatable bonds is 7. The molecule has 2 amide bonds. The van der Waals surface area contributed by atoms with Gasteiger partial charge in [-0.25, -0.2) is 4.79 Å². The second kappa shape index (κ2) is 10.8. The van der Waals surface area contributed by atoms with Crippen LogP contribution in [0.15, 0.2) is 96.2 Å². The number of fused-ring (bicyclic) bond motifs is 1. The molecular weight excluding hydrogens is 512 g/mol. The maximum Gasteiger partial charge on any atom is 0.356 e. The highest BCUT2D eigenvalue weighted by molar-refractivity contribution is 8.00. The number of amides is 2. The summed E-state index contributed by atoms with van der Waals surface area (Å²) in [5.74, 6) is -1.23. The van der Waals surface area contributed by atoms with Crippen molar-refractivity contribution in [2.75, 3.05) is 12.4 Å². The topological polar surface area (TPSA) is 95.9 Å². The summed E-state index contributed by atoms with van der Waals surface area (Å²) in [5.41, 5.74) is 2.36. The van der Waals surface area contributed by atoms with Crippen molar-refractivity contribution >= 4 is 41.1 Å². The molecule has 188 valence electrons. The fourth-order valence-electron chi connectivity index (χ4n) is 4.37. The van der Waals surface area contributed by atoms with Crippen LogP contribution >= 0.6 is 23.4 Å². The Balaban J connectivity index is 1.38. The third-order valence-corrected chi connectivity index (χ3v) is 7.85. The second-order valence-corrected chi connectivity index (χ2v) is 10.1. The van der Waals surface area contributed by atoms with E-state index >= 15 is 0 Å². The Kier molecular flexibility index (Phi) is 7.32. The highest BCUT2D eigenvalue weighted by atomic mass is 35.5. The van der Waals surface area contributed by atoms with Gasteiger partial charge in [0.15, 0.2) is 6.10 Å². The van der Waals surface area contributed by atoms with E-state index in [0.717, 1.165) is 11.1 Å². The second-order valence-electron chi connectivity index (χ2n) is 8.58. The van der Waals surface area contributed by atoms with Crippen LogP contribution < -0.4 is 5.32 Å². The molecule has 9 heteroatoms. The zero-order valence-corrected chi connectivity index (χ0v) is 21.1. The summed E-state index contributed by atoms with van der Waals surface area (Å²) >= 11 is 7.27. The summed E-state index contributed by atoms with van der Waals surface area (Å²) in [5, 5.41) is 12.7. The van der Waals surface area contributed by atoms with Gasteiger partial charge in [-0.1, -0.05) is 72.3 Å². The molecule has 2 N–H and O–H groups in total. The first kappa shape index (κ1) is 25.1. The lowest BCUT2D eigenvalue weighted by atomic mass is 10.0. The van der Waals surface area contributed by atoms with Crippen molar-refractivity contribution in [3.8, 4) is 0 Å². The summed E-state index contributed by atoms with van der Waals surface area (Å²) in [7, 11) is 0. The van der Waals surface area contributed by atoms with Crippen LogP contribution in [-0.2, 0) is 14.3 Å². The molecule has 1 saturated heterocycles. The summed E-state index contributed by atoms with van der Waals surface area (Å²) in [6, 6.07) is 24.2. The number of benzene rings is 3. The van der Waals surface area contributed by atoms with Crippen LogP contribution in [0.25, 0.3) is 0 Å². The van der Waals surface area contributed by atoms with Crippen molar-refractivity contribution in [1.82, 2.24) is 10.2 Å². The van der Waals surface area contributed by atoms with Crippen molar-refractivity contribution in [3.05, 3.63) is 118 Å². The van der Waals surface area contributed by atoms with E-state index in [2.05, 4.69) is 5.32 Å². The Labute approximate surface area is 223 Å². The Morgan fingerprint density at radius 1 is 1.00 bits per heavy atom. The van der Waals surface area contributed by atoms with Gasteiger partial charge in [-0.15, -0.1) is 11.8 Å². The number of hydrogen-bond acceptors (Lipinski definition) is 6. The van der Waals surface area contributed by atoms with Crippen LogP contribution in [0, 0.1) is 0 Å². The van der Waals surface area contributed by atoms with Gasteiger partial charge >= 0.3 is 5.97 Å². The zero-order valence-electron chi connectivity index (χ0n) is 19.5. The van der Waals surface area contributed by atoms with E-state index in [1.54, 1.807) is 24.3 Å². The van der Waals surface area contributed by atoms with Gasteiger partial charge < -0.3 is 15.2 Å². The predicted molar refractivity (Wildman–Crippen MR) is 141 cm³/mol. The maximum absolute atomic E-state index is 13.5. The van der Waals surface area contributed by atoms with Crippen LogP contribution in [0.5, 0.6) is 0 Å². The van der Waals surface area contributed by atoms with Crippen molar-refractivity contribution in [2.24, 2.45) is 0 Å². The Morgan fingerprint density at radius 2 is 1.59 bits per heavy atom. The lowest BCUT2D eigenvalue weighted by Gasteiger charge is -2.49. The van der Waals surface area contributed by atoms with Gasteiger partial charge in [0.2, 0.25) is 0 Å². The highest BCUT2D eigenvalue weighted by Gasteiger charge is 2.54. The van der Waals surface area contributed by atoms with E-state index in [1.165, 1.54) is 16.7 Å². The fourth-order valence-corrected chi connectivity index (χ4v) is 5.83. The largest absolute Gasteiger partial charge is 0.448 e. The molecule has 0 radical (unpaired) electrons. The summed E-state index contributed by atoms with van der Waals surface area (Å²) in [6.07, 6.45) is -0.702. The zero-order chi connectivity index (χ0) is 25.9. The predicted octanol–water partition coefficient (Wildman–Crippen LogP) is 3.93. The molecule has 0 spiro atoms. The number of carbonyl (C=O) groups excluding carboxylic acids is 3. The van der Waals surface area contributed by atoms with Gasteiger partial charge in [0, 0.05) is 16.3 Å². The smallest absolute Gasteiger partial charge is 0.356 e. The summed E-state index contributed by atoms with van der Waals surface area (Å²) in [4.78, 5) is 40.7. The normalized spacial score (nSPS) is 18.8. The summed E-state index contributed by atoms with van der Waals surface area (Å²) in [6.45, 7) is -0.392. The number of β-lactam (4-membered cyclic amide) rings is 1. The van der Waals surface area contributed by atoms with Gasteiger partial charge in [0.05, 0.1) is 6.61 Å². The van der Waals surface area contributed by atoms with Crippen LogP contribution in [0.2, 0.25) is 5.02 Å². The van der Waals surface area contributed by atoms with E-state index in [4.69, 9.17) is 16.3 Å². The average molecular weight is 535 g/mol. The Bertz CT molecular complexity index is 1310. The van der Waals surface area contributed by atoms with Crippen molar-refractivity contribution in [3.63, 3.8) is 0 Å². The first-order valence-corrected chi connectivity index (χ1v) is 13.1. The Morgan fingerprint density at radius 3 is 2.16 bits per heavy atom. The molecule has 2 heterocycles. The minimum absolute atomic E-state index is 0.0325. The lowest BCUT2D eigenvalue weighted by Crippen LogP contribution is -2.70. The van der Waals surface area contributed by atoms with Gasteiger partial charge in [-0.2, -0.15) is 0 Å². The minimum atomic E-state index is -0.810. The standard InChI is InChI=1S/C28H23ClN2O5S/c29-21-13-11-19(12-14-21)25(33)30-22-26(34)31-23(20(15-32)16-37-27(22)31)28(35)36-24(17-7-3-1-4-8-17)18-9-5-2-6-10-18/h1-14,22,24,27,32H,15-16H2,(H,30,33)/t22-,27+/m0/s1. The summed E-state index contributed by atoms with van der Waals surface area (Å²) < 4.78 is 5.98. The van der Waals surface area contributed by atoms with Crippen LogP contribution in [-0.4, -0.2) is 51.6 Å². The monoisotopic (exact) mass is 534 g/mol. The SMILES string of the molecule is O=C(OC(c1ccccc1)c1ccccc1)C1=C(CO)CS[C@@H]2[C@@H](NC(=O)c3ccc(Cl)cc3)C(=O)N12. The van der Waals surface area contributed by atoms with Crippen LogP contribution in [0.4, 0.5) is 0 Å². The molecule has 2 aliphatic rings. The number of aliphatic hydroxyl groups is 1. The van der Waals surface area contributed by atoms with Gasteiger partial charge in [0.25, 0.3) is 11.8 Å². The lowest BCUT2D eigenvalue weighted by molar-refractivity contribution is -0.153. The van der Waals surface area contributed by atoms with E-state index in [-0.39, 0.29) is 5.70 Å². The fraction of sp³-hybridized carbons (Fsp3) is 0.179. The molecule has 3 aromatic carbocycles. The molecule has 1 fully saturated rings.